The number of rotatable bonds is 6. The quantitative estimate of drug-likeness (QED) is 0.141. The first kappa shape index (κ1) is 28.1. The summed E-state index contributed by atoms with van der Waals surface area (Å²) in [6.07, 6.45) is -2.01. The molecule has 0 saturated carbocycles. The van der Waals surface area contributed by atoms with Gasteiger partial charge in [0.25, 0.3) is 0 Å². The highest BCUT2D eigenvalue weighted by molar-refractivity contribution is 5.90. The van der Waals surface area contributed by atoms with Gasteiger partial charge < -0.3 is 0 Å². The first-order valence-corrected chi connectivity index (χ1v) is 12.5. The summed E-state index contributed by atoms with van der Waals surface area (Å²) >= 11 is 0. The zero-order valence-electron chi connectivity index (χ0n) is 21.2. The Balaban J connectivity index is 1.59. The zero-order valence-corrected chi connectivity index (χ0v) is 21.2. The van der Waals surface area contributed by atoms with Crippen LogP contribution in [0.25, 0.3) is 44.2 Å². The van der Waals surface area contributed by atoms with Crippen LogP contribution in [0.4, 0.5) is 35.1 Å². The average Bonchev–Trinajstić information content (AvgIpc) is 2.90. The molecule has 208 valence electrons. The lowest BCUT2D eigenvalue weighted by atomic mass is 9.91. The monoisotopic (exact) mass is 568 g/mol. The molecule has 5 rings (SSSR count). The Kier molecular flexibility index (Phi) is 7.43. The van der Waals surface area contributed by atoms with Gasteiger partial charge in [-0.05, 0) is 70.3 Å². The van der Waals surface area contributed by atoms with Gasteiger partial charge in [0.05, 0.1) is 5.56 Å². The van der Waals surface area contributed by atoms with E-state index < -0.39 is 46.4 Å². The van der Waals surface area contributed by atoms with Crippen molar-refractivity contribution in [3.8, 4) is 33.4 Å². The predicted molar refractivity (Wildman–Crippen MR) is 144 cm³/mol. The van der Waals surface area contributed by atoms with Crippen LogP contribution in [0.3, 0.4) is 0 Å². The van der Waals surface area contributed by atoms with Gasteiger partial charge in [-0.3, -0.25) is 0 Å². The summed E-state index contributed by atoms with van der Waals surface area (Å²) in [5.74, 6) is -6.59. The summed E-state index contributed by atoms with van der Waals surface area (Å²) < 4.78 is 114. The molecule has 0 bridgehead atoms. The lowest BCUT2D eigenvalue weighted by Crippen LogP contribution is -2.11. The molecule has 8 heteroatoms. The molecule has 0 heterocycles. The summed E-state index contributed by atoms with van der Waals surface area (Å²) in [5, 5.41) is 0.891. The molecule has 0 unspecified atom stereocenters. The molecule has 5 aromatic carbocycles. The van der Waals surface area contributed by atoms with Crippen LogP contribution in [0.5, 0.6) is 0 Å². The van der Waals surface area contributed by atoms with Crippen LogP contribution in [-0.2, 0) is 12.6 Å². The van der Waals surface area contributed by atoms with Gasteiger partial charge in [-0.2, -0.15) is 13.2 Å². The van der Waals surface area contributed by atoms with Crippen molar-refractivity contribution in [3.63, 3.8) is 0 Å². The molecule has 0 fully saturated rings. The number of fused-ring (bicyclic) bond motifs is 1. The van der Waals surface area contributed by atoms with E-state index >= 15 is 13.2 Å². The van der Waals surface area contributed by atoms with Crippen molar-refractivity contribution >= 4 is 10.8 Å². The van der Waals surface area contributed by atoms with Crippen LogP contribution in [0.15, 0.2) is 91.5 Å². The van der Waals surface area contributed by atoms with E-state index in [1.807, 2.05) is 6.07 Å². The molecule has 0 aliphatic carbocycles. The van der Waals surface area contributed by atoms with E-state index in [0.29, 0.717) is 17.5 Å². The topological polar surface area (TPSA) is 0 Å². The molecule has 0 N–H and O–H groups in total. The standard InChI is InChI=1S/C33H20F8/c1-2-3-6-18-9-11-23-19(13-18)10-12-24(32(23)38)21-14-26(34)30(27(35)15-21)25-8-5-4-7-22(25)20-16-28(36)31(29(37)17-20)33(39,40)41/h2,4-5,7-17H,1,3,6H2. The summed E-state index contributed by atoms with van der Waals surface area (Å²) in [4.78, 5) is 0. The molecule has 0 aliphatic rings. The van der Waals surface area contributed by atoms with Crippen LogP contribution in [-0.4, -0.2) is 0 Å². The number of halogens is 8. The molecular formula is C33H20F8. The molecule has 0 amide bonds. The van der Waals surface area contributed by atoms with Crippen molar-refractivity contribution in [3.05, 3.63) is 132 Å². The van der Waals surface area contributed by atoms with Crippen molar-refractivity contribution in [2.24, 2.45) is 0 Å². The Morgan fingerprint density at radius 1 is 0.634 bits per heavy atom. The van der Waals surface area contributed by atoms with Gasteiger partial charge in [0.15, 0.2) is 0 Å². The van der Waals surface area contributed by atoms with Crippen molar-refractivity contribution < 1.29 is 35.1 Å². The van der Waals surface area contributed by atoms with Crippen molar-refractivity contribution in [1.29, 1.82) is 0 Å². The van der Waals surface area contributed by atoms with E-state index in [2.05, 4.69) is 6.58 Å². The molecule has 0 saturated heterocycles. The van der Waals surface area contributed by atoms with Crippen LogP contribution in [0, 0.1) is 29.1 Å². The Labute approximate surface area is 230 Å². The maximum absolute atomic E-state index is 15.5. The first-order valence-electron chi connectivity index (χ1n) is 12.5. The maximum atomic E-state index is 15.5. The summed E-state index contributed by atoms with van der Waals surface area (Å²) in [5.41, 5.74) is -2.39. The number of hydrogen-bond donors (Lipinski definition) is 0. The van der Waals surface area contributed by atoms with Crippen molar-refractivity contribution in [2.45, 2.75) is 19.0 Å². The molecule has 41 heavy (non-hydrogen) atoms. The normalized spacial score (nSPS) is 11.7. The fraction of sp³-hybridized carbons (Fsp3) is 0.0909. The van der Waals surface area contributed by atoms with E-state index in [-0.39, 0.29) is 33.2 Å². The lowest BCUT2D eigenvalue weighted by molar-refractivity contribution is -0.142. The second-order valence-corrected chi connectivity index (χ2v) is 9.48. The molecule has 5 aromatic rings. The number of hydrogen-bond acceptors (Lipinski definition) is 0. The summed E-state index contributed by atoms with van der Waals surface area (Å²) in [6, 6.07) is 16.4. The minimum atomic E-state index is -5.27. The van der Waals surface area contributed by atoms with Gasteiger partial charge in [0, 0.05) is 10.9 Å². The van der Waals surface area contributed by atoms with Gasteiger partial charge in [-0.25, -0.2) is 22.0 Å². The molecule has 0 atom stereocenters. The fourth-order valence-electron chi connectivity index (χ4n) is 4.93. The Bertz CT molecular complexity index is 1750. The largest absolute Gasteiger partial charge is 0.422 e. The van der Waals surface area contributed by atoms with Gasteiger partial charge >= 0.3 is 6.18 Å². The van der Waals surface area contributed by atoms with Gasteiger partial charge in [-0.1, -0.05) is 60.7 Å². The average molecular weight is 569 g/mol. The van der Waals surface area contributed by atoms with E-state index in [9.17, 15) is 22.0 Å². The van der Waals surface area contributed by atoms with Gasteiger partial charge in [0.2, 0.25) is 0 Å². The highest BCUT2D eigenvalue weighted by Crippen LogP contribution is 2.41. The van der Waals surface area contributed by atoms with Crippen LogP contribution in [0.1, 0.15) is 17.5 Å². The number of alkyl halides is 3. The second-order valence-electron chi connectivity index (χ2n) is 9.48. The van der Waals surface area contributed by atoms with Gasteiger partial charge in [0.1, 0.15) is 34.6 Å². The minimum absolute atomic E-state index is 0.0409. The zero-order chi connectivity index (χ0) is 29.5. The number of aryl methyl sites for hydroxylation is 1. The lowest BCUT2D eigenvalue weighted by Gasteiger charge is -2.16. The van der Waals surface area contributed by atoms with E-state index in [4.69, 9.17) is 0 Å². The fourth-order valence-corrected chi connectivity index (χ4v) is 4.93. The molecular weight excluding hydrogens is 548 g/mol. The molecule has 0 aromatic heterocycles. The van der Waals surface area contributed by atoms with Crippen LogP contribution in [0.2, 0.25) is 0 Å². The molecule has 0 nitrogen and oxygen atoms in total. The third-order valence-corrected chi connectivity index (χ3v) is 6.84. The smallest absolute Gasteiger partial charge is 0.206 e. The molecule has 0 aliphatic heterocycles. The van der Waals surface area contributed by atoms with E-state index in [1.165, 1.54) is 30.3 Å². The highest BCUT2D eigenvalue weighted by Gasteiger charge is 2.38. The molecule has 0 spiro atoms. The summed E-state index contributed by atoms with van der Waals surface area (Å²) in [6.45, 7) is 3.69. The number of allylic oxidation sites excluding steroid dienone is 1. The first-order chi connectivity index (χ1) is 19.5. The molecule has 0 radical (unpaired) electrons. The van der Waals surface area contributed by atoms with E-state index in [1.54, 1.807) is 24.3 Å². The van der Waals surface area contributed by atoms with Crippen LogP contribution < -0.4 is 0 Å². The van der Waals surface area contributed by atoms with Gasteiger partial charge in [-0.15, -0.1) is 6.58 Å². The van der Waals surface area contributed by atoms with Crippen LogP contribution >= 0.6 is 0 Å². The maximum Gasteiger partial charge on any atom is 0.422 e. The third-order valence-electron chi connectivity index (χ3n) is 6.84. The Hall–Kier alpha value is -4.46. The number of benzene rings is 5. The highest BCUT2D eigenvalue weighted by atomic mass is 19.4. The van der Waals surface area contributed by atoms with E-state index in [0.717, 1.165) is 30.5 Å². The third kappa shape index (κ3) is 5.34. The second kappa shape index (κ2) is 10.8. The Morgan fingerprint density at radius 2 is 1.22 bits per heavy atom. The minimum Gasteiger partial charge on any atom is -0.206 e. The summed E-state index contributed by atoms with van der Waals surface area (Å²) in [7, 11) is 0. The Morgan fingerprint density at radius 3 is 1.83 bits per heavy atom. The predicted octanol–water partition coefficient (Wildman–Crippen LogP) is 10.7. The van der Waals surface area contributed by atoms with Crippen molar-refractivity contribution in [1.82, 2.24) is 0 Å². The van der Waals surface area contributed by atoms with Crippen molar-refractivity contribution in [2.75, 3.05) is 0 Å². The SMILES string of the molecule is C=CCCc1ccc2c(F)c(-c3cc(F)c(-c4ccccc4-c4cc(F)c(C(F)(F)F)c(F)c4)c(F)c3)ccc2c1.